The summed E-state index contributed by atoms with van der Waals surface area (Å²) in [4.78, 5) is 30.3. The number of nitrogens with zero attached hydrogens (tertiary/aromatic N) is 1. The lowest BCUT2D eigenvalue weighted by atomic mass is 10.1. The van der Waals surface area contributed by atoms with Crippen molar-refractivity contribution in [3.05, 3.63) is 100 Å². The van der Waals surface area contributed by atoms with Crippen LogP contribution in [-0.2, 0) is 16.0 Å². The van der Waals surface area contributed by atoms with Crippen LogP contribution in [0.15, 0.2) is 84.4 Å². The number of benzene rings is 2. The van der Waals surface area contributed by atoms with E-state index in [1.54, 1.807) is 29.8 Å². The Morgan fingerprint density at radius 1 is 1.00 bits per heavy atom. The Balaban J connectivity index is 1.54. The molecule has 30 heavy (non-hydrogen) atoms. The number of fused-ring (bicyclic) bond motifs is 1. The van der Waals surface area contributed by atoms with Crippen molar-refractivity contribution < 1.29 is 14.3 Å². The number of aromatic nitrogens is 1. The molecule has 4 aromatic rings. The minimum atomic E-state index is -1.04. The van der Waals surface area contributed by atoms with Crippen molar-refractivity contribution in [3.63, 3.8) is 0 Å². The van der Waals surface area contributed by atoms with E-state index in [1.807, 2.05) is 54.6 Å². The zero-order valence-electron chi connectivity index (χ0n) is 16.2. The largest absolute Gasteiger partial charge is 0.443 e. The summed E-state index contributed by atoms with van der Waals surface area (Å²) < 4.78 is 5.63. The highest BCUT2D eigenvalue weighted by atomic mass is 32.1. The highest BCUT2D eigenvalue weighted by Crippen LogP contribution is 2.24. The second-order valence-electron chi connectivity index (χ2n) is 6.74. The third-order valence-corrected chi connectivity index (χ3v) is 5.52. The zero-order valence-corrected chi connectivity index (χ0v) is 17.0. The molecule has 4 rings (SSSR count). The van der Waals surface area contributed by atoms with Crippen LogP contribution >= 0.6 is 11.3 Å². The Bertz CT molecular complexity index is 1140. The number of esters is 1. The maximum Gasteiger partial charge on any atom is 0.349 e. The lowest BCUT2D eigenvalue weighted by Crippen LogP contribution is -2.33. The van der Waals surface area contributed by atoms with Gasteiger partial charge in [0.1, 0.15) is 4.88 Å². The number of hydrogen-bond acceptors (Lipinski definition) is 5. The van der Waals surface area contributed by atoms with Gasteiger partial charge in [-0.1, -0.05) is 48.5 Å². The van der Waals surface area contributed by atoms with Gasteiger partial charge in [-0.25, -0.2) is 4.79 Å². The molecular weight excluding hydrogens is 396 g/mol. The van der Waals surface area contributed by atoms with Crippen molar-refractivity contribution in [3.8, 4) is 0 Å². The summed E-state index contributed by atoms with van der Waals surface area (Å²) in [5, 5.41) is 5.58. The van der Waals surface area contributed by atoms with Crippen LogP contribution < -0.4 is 5.32 Å². The maximum atomic E-state index is 13.0. The molecule has 2 aromatic heterocycles. The molecule has 0 aliphatic heterocycles. The molecule has 0 bridgehead atoms. The molecule has 0 saturated carbocycles. The molecular formula is C24H20N2O3S. The molecule has 0 unspecified atom stereocenters. The van der Waals surface area contributed by atoms with E-state index in [0.29, 0.717) is 23.4 Å². The van der Waals surface area contributed by atoms with Crippen LogP contribution in [0.5, 0.6) is 0 Å². The smallest absolute Gasteiger partial charge is 0.349 e. The molecule has 5 nitrogen and oxygen atoms in total. The molecule has 0 saturated heterocycles. The first kappa shape index (κ1) is 19.8. The quantitative estimate of drug-likeness (QED) is 0.449. The van der Waals surface area contributed by atoms with E-state index in [-0.39, 0.29) is 5.91 Å². The van der Waals surface area contributed by atoms with E-state index in [4.69, 9.17) is 4.74 Å². The number of rotatable bonds is 7. The number of amides is 1. The standard InChI is InChI=1S/C24H20N2O3S/c27-23(26-14-12-17-6-2-1-3-7-17)22(29-24(28)21-9-5-15-30-21)19-10-11-20-18(16-19)8-4-13-25-20/h1-11,13,15-16,22H,12,14H2,(H,26,27)/t22-/m1/s1. The zero-order chi connectivity index (χ0) is 20.8. The van der Waals surface area contributed by atoms with E-state index < -0.39 is 12.1 Å². The SMILES string of the molecule is O=C(O[C@@H](C(=O)NCCc1ccccc1)c1ccc2ncccc2c1)c1cccs1. The monoisotopic (exact) mass is 416 g/mol. The first-order chi connectivity index (χ1) is 14.7. The average Bonchev–Trinajstić information content (AvgIpc) is 3.33. The highest BCUT2D eigenvalue weighted by Gasteiger charge is 2.26. The fourth-order valence-electron chi connectivity index (χ4n) is 3.16. The summed E-state index contributed by atoms with van der Waals surface area (Å²) in [6, 6.07) is 22.6. The molecule has 1 N–H and O–H groups in total. The van der Waals surface area contributed by atoms with Gasteiger partial charge >= 0.3 is 5.97 Å². The first-order valence-electron chi connectivity index (χ1n) is 9.61. The minimum Gasteiger partial charge on any atom is -0.443 e. The van der Waals surface area contributed by atoms with Gasteiger partial charge in [0, 0.05) is 23.7 Å². The van der Waals surface area contributed by atoms with Crippen molar-refractivity contribution in [1.82, 2.24) is 10.3 Å². The number of thiophene rings is 1. The van der Waals surface area contributed by atoms with Gasteiger partial charge in [0.05, 0.1) is 5.52 Å². The molecule has 1 amide bonds. The number of pyridine rings is 1. The number of ether oxygens (including phenoxy) is 1. The molecule has 0 aliphatic carbocycles. The fraction of sp³-hybridized carbons (Fsp3) is 0.125. The highest BCUT2D eigenvalue weighted by molar-refractivity contribution is 7.11. The van der Waals surface area contributed by atoms with Crippen molar-refractivity contribution in [2.24, 2.45) is 0 Å². The van der Waals surface area contributed by atoms with Crippen LogP contribution in [-0.4, -0.2) is 23.4 Å². The normalized spacial score (nSPS) is 11.7. The van der Waals surface area contributed by atoms with E-state index in [9.17, 15) is 9.59 Å². The molecule has 2 aromatic carbocycles. The minimum absolute atomic E-state index is 0.348. The predicted molar refractivity (Wildman–Crippen MR) is 117 cm³/mol. The Kier molecular flexibility index (Phi) is 6.15. The number of nitrogens with one attached hydrogen (secondary N) is 1. The van der Waals surface area contributed by atoms with Gasteiger partial charge in [-0.05, 0) is 41.6 Å². The number of hydrogen-bond donors (Lipinski definition) is 1. The Morgan fingerprint density at radius 3 is 2.67 bits per heavy atom. The van der Waals surface area contributed by atoms with Gasteiger partial charge in [0.25, 0.3) is 5.91 Å². The van der Waals surface area contributed by atoms with Gasteiger partial charge in [0.15, 0.2) is 0 Å². The summed E-state index contributed by atoms with van der Waals surface area (Å²) in [5.74, 6) is -0.862. The molecule has 1 atom stereocenters. The maximum absolute atomic E-state index is 13.0. The van der Waals surface area contributed by atoms with Crippen molar-refractivity contribution in [2.75, 3.05) is 6.54 Å². The summed E-state index contributed by atoms with van der Waals surface area (Å²) in [7, 11) is 0. The number of carbonyl (C=O) groups is 2. The van der Waals surface area contributed by atoms with E-state index in [0.717, 1.165) is 16.5 Å². The molecule has 0 radical (unpaired) electrons. The lowest BCUT2D eigenvalue weighted by Gasteiger charge is -2.18. The predicted octanol–water partition coefficient (Wildman–Crippen LogP) is 4.55. The second kappa shape index (κ2) is 9.33. The Morgan fingerprint density at radius 2 is 1.87 bits per heavy atom. The topological polar surface area (TPSA) is 68.3 Å². The van der Waals surface area contributed by atoms with Gasteiger partial charge < -0.3 is 10.1 Å². The Labute approximate surface area is 178 Å². The van der Waals surface area contributed by atoms with Crippen LogP contribution in [0.2, 0.25) is 0 Å². The number of carbonyl (C=O) groups excluding carboxylic acids is 2. The summed E-state index contributed by atoms with van der Waals surface area (Å²) in [6.45, 7) is 0.449. The lowest BCUT2D eigenvalue weighted by molar-refractivity contribution is -0.130. The van der Waals surface area contributed by atoms with Crippen molar-refractivity contribution in [1.29, 1.82) is 0 Å². The van der Waals surface area contributed by atoms with Crippen LogP contribution in [0, 0.1) is 0 Å². The van der Waals surface area contributed by atoms with E-state index >= 15 is 0 Å². The van der Waals surface area contributed by atoms with Gasteiger partial charge in [0.2, 0.25) is 6.10 Å². The third-order valence-electron chi connectivity index (χ3n) is 4.67. The van der Waals surface area contributed by atoms with Crippen LogP contribution in [0.25, 0.3) is 10.9 Å². The van der Waals surface area contributed by atoms with Crippen molar-refractivity contribution >= 4 is 34.1 Å². The van der Waals surface area contributed by atoms with Crippen LogP contribution in [0.4, 0.5) is 0 Å². The van der Waals surface area contributed by atoms with Gasteiger partial charge in [-0.3, -0.25) is 9.78 Å². The van der Waals surface area contributed by atoms with Gasteiger partial charge in [-0.15, -0.1) is 11.3 Å². The van der Waals surface area contributed by atoms with Crippen LogP contribution in [0.3, 0.4) is 0 Å². The molecule has 6 heteroatoms. The van der Waals surface area contributed by atoms with Gasteiger partial charge in [-0.2, -0.15) is 0 Å². The summed E-state index contributed by atoms with van der Waals surface area (Å²) >= 11 is 1.28. The van der Waals surface area contributed by atoms with Crippen molar-refractivity contribution in [2.45, 2.75) is 12.5 Å². The molecule has 150 valence electrons. The second-order valence-corrected chi connectivity index (χ2v) is 7.69. The average molecular weight is 417 g/mol. The first-order valence-corrected chi connectivity index (χ1v) is 10.5. The Hall–Kier alpha value is -3.51. The molecule has 2 heterocycles. The third kappa shape index (κ3) is 4.72. The van der Waals surface area contributed by atoms with Crippen LogP contribution in [0.1, 0.15) is 26.9 Å². The molecule has 0 fully saturated rings. The molecule has 0 aliphatic rings. The molecule has 0 spiro atoms. The summed E-state index contributed by atoms with van der Waals surface area (Å²) in [5.41, 5.74) is 2.55. The fourth-order valence-corrected chi connectivity index (χ4v) is 3.76. The summed E-state index contributed by atoms with van der Waals surface area (Å²) in [6.07, 6.45) is 1.37. The van der Waals surface area contributed by atoms with E-state index in [1.165, 1.54) is 11.3 Å². The van der Waals surface area contributed by atoms with E-state index in [2.05, 4.69) is 10.3 Å².